The van der Waals surface area contributed by atoms with E-state index in [0.29, 0.717) is 5.82 Å². The zero-order valence-electron chi connectivity index (χ0n) is 53.0. The van der Waals surface area contributed by atoms with Gasteiger partial charge in [-0.15, -0.1) is 0 Å². The van der Waals surface area contributed by atoms with Crippen LogP contribution in [0.3, 0.4) is 0 Å². The van der Waals surface area contributed by atoms with Crippen molar-refractivity contribution in [2.24, 2.45) is 0 Å². The minimum atomic E-state index is -0.146. The van der Waals surface area contributed by atoms with Gasteiger partial charge < -0.3 is 13.7 Å². The Morgan fingerprint density at radius 3 is 1.15 bits per heavy atom. The smallest absolute Gasteiger partial charge is 0.160 e. The van der Waals surface area contributed by atoms with Crippen molar-refractivity contribution in [2.45, 2.75) is 38.5 Å². The number of aromatic nitrogens is 5. The Morgan fingerprint density at radius 2 is 0.632 bits per heavy atom. The van der Waals surface area contributed by atoms with E-state index in [2.05, 4.69) is 339 Å². The van der Waals surface area contributed by atoms with E-state index < -0.39 is 0 Å². The van der Waals surface area contributed by atoms with E-state index in [1.54, 1.807) is 0 Å². The number of para-hydroxylation sites is 2. The number of benzene rings is 14. The second-order valence-electron chi connectivity index (χ2n) is 27.3. The van der Waals surface area contributed by atoms with Gasteiger partial charge in [0.2, 0.25) is 0 Å². The van der Waals surface area contributed by atoms with Gasteiger partial charge in [-0.2, -0.15) is 0 Å². The maximum Gasteiger partial charge on any atom is 0.160 e. The van der Waals surface area contributed by atoms with E-state index in [1.165, 1.54) is 127 Å². The molecule has 0 fully saturated rings. The molecule has 2 aliphatic rings. The molecule has 4 aromatic heterocycles. The third-order valence-electron chi connectivity index (χ3n) is 21.4. The van der Waals surface area contributed by atoms with Crippen LogP contribution in [0.5, 0.6) is 0 Å². The second-order valence-corrected chi connectivity index (χ2v) is 27.3. The molecule has 446 valence electrons. The predicted octanol–water partition coefficient (Wildman–Crippen LogP) is 23.4. The summed E-state index contributed by atoms with van der Waals surface area (Å²) in [5, 5.41) is 10.6. The molecule has 0 radical (unpaired) electrons. The van der Waals surface area contributed by atoms with Crippen LogP contribution >= 0.6 is 0 Å². The van der Waals surface area contributed by atoms with Crippen molar-refractivity contribution >= 4 is 87.1 Å². The topological polar surface area (TPSA) is 40.6 Å². The summed E-state index contributed by atoms with van der Waals surface area (Å²) in [7, 11) is 0. The van der Waals surface area contributed by atoms with E-state index in [-0.39, 0.29) is 10.8 Å². The first-order chi connectivity index (χ1) is 46.6. The minimum absolute atomic E-state index is 0.104. The average Bonchev–Trinajstić information content (AvgIpc) is 1.59. The van der Waals surface area contributed by atoms with Crippen LogP contribution in [0.2, 0.25) is 0 Å². The zero-order valence-corrected chi connectivity index (χ0v) is 53.0. The van der Waals surface area contributed by atoms with E-state index in [0.717, 1.165) is 60.9 Å². The first-order valence-corrected chi connectivity index (χ1v) is 33.1. The van der Waals surface area contributed by atoms with Gasteiger partial charge in [0.05, 0.1) is 44.3 Å². The van der Waals surface area contributed by atoms with Crippen LogP contribution in [-0.4, -0.2) is 23.7 Å². The first kappa shape index (κ1) is 53.7. The Labute approximate surface area is 549 Å². The number of nitrogens with zero attached hydrogens (tertiary/aromatic N) is 5. The van der Waals surface area contributed by atoms with Crippen molar-refractivity contribution in [1.82, 2.24) is 23.7 Å². The molecule has 5 heteroatoms. The van der Waals surface area contributed by atoms with E-state index in [1.807, 2.05) is 0 Å². The van der Waals surface area contributed by atoms with Gasteiger partial charge in [0.15, 0.2) is 5.82 Å². The summed E-state index contributed by atoms with van der Waals surface area (Å²) in [5.41, 5.74) is 29.7. The molecule has 0 N–H and O–H groups in total. The summed E-state index contributed by atoms with van der Waals surface area (Å²) >= 11 is 0. The first-order valence-electron chi connectivity index (χ1n) is 33.1. The highest BCUT2D eigenvalue weighted by Crippen LogP contribution is 2.52. The lowest BCUT2D eigenvalue weighted by Crippen LogP contribution is -2.15. The quantitative estimate of drug-likeness (QED) is 0.149. The predicted molar refractivity (Wildman–Crippen MR) is 397 cm³/mol. The molecule has 4 heterocycles. The SMILES string of the molecule is CC1(C)c2ccccc2-c2ccc(-n3c4ccccc4c4cc(-c5ccc6c(c5)c5cc(-c7ccc8c(c7)c7ccccc7n8-c7ccc(-c8nc(-c9ccccc9)c9ccc%10ccccc%10c9n8)cc7)ccc5n6-c5ccc6c(c5)C(C)(C)c5ccccc5-6)ccc43)cc21. The van der Waals surface area contributed by atoms with Crippen molar-refractivity contribution in [3.8, 4) is 84.2 Å². The summed E-state index contributed by atoms with van der Waals surface area (Å²) in [6.07, 6.45) is 0. The monoisotopic (exact) mass is 1210 g/mol. The highest BCUT2D eigenvalue weighted by Gasteiger charge is 2.37. The lowest BCUT2D eigenvalue weighted by molar-refractivity contribution is 0.660. The number of hydrogen-bond donors (Lipinski definition) is 0. The van der Waals surface area contributed by atoms with E-state index >= 15 is 0 Å². The Morgan fingerprint density at radius 1 is 0.242 bits per heavy atom. The number of fused-ring (bicyclic) bond motifs is 18. The molecule has 0 saturated heterocycles. The highest BCUT2D eigenvalue weighted by atomic mass is 15.0. The van der Waals surface area contributed by atoms with E-state index in [4.69, 9.17) is 9.97 Å². The van der Waals surface area contributed by atoms with Crippen LogP contribution in [0.1, 0.15) is 49.9 Å². The molecular formula is C90H61N5. The number of hydrogen-bond acceptors (Lipinski definition) is 2. The van der Waals surface area contributed by atoms with Crippen LogP contribution in [-0.2, 0) is 10.8 Å². The Kier molecular flexibility index (Phi) is 11.2. The summed E-state index contributed by atoms with van der Waals surface area (Å²) in [5.74, 6) is 0.702. The van der Waals surface area contributed by atoms with Gasteiger partial charge in [-0.25, -0.2) is 9.97 Å². The van der Waals surface area contributed by atoms with Gasteiger partial charge in [-0.1, -0.05) is 210 Å². The minimum Gasteiger partial charge on any atom is -0.309 e. The number of rotatable bonds is 7. The maximum atomic E-state index is 5.31. The Balaban J connectivity index is 0.716. The van der Waals surface area contributed by atoms with Crippen LogP contribution in [0.25, 0.3) is 171 Å². The summed E-state index contributed by atoms with van der Waals surface area (Å²) in [6, 6.07) is 110. The molecule has 5 nitrogen and oxygen atoms in total. The molecule has 95 heavy (non-hydrogen) atoms. The van der Waals surface area contributed by atoms with Crippen molar-refractivity contribution in [2.75, 3.05) is 0 Å². The maximum absolute atomic E-state index is 5.31. The molecule has 0 amide bonds. The summed E-state index contributed by atoms with van der Waals surface area (Å²) < 4.78 is 7.38. The van der Waals surface area contributed by atoms with Crippen LogP contribution < -0.4 is 0 Å². The molecule has 0 spiro atoms. The summed E-state index contributed by atoms with van der Waals surface area (Å²) in [6.45, 7) is 9.49. The van der Waals surface area contributed by atoms with Crippen molar-refractivity contribution in [3.63, 3.8) is 0 Å². The van der Waals surface area contributed by atoms with Crippen LogP contribution in [0.4, 0.5) is 0 Å². The molecule has 14 aromatic carbocycles. The molecule has 0 saturated carbocycles. The lowest BCUT2D eigenvalue weighted by atomic mass is 9.82. The molecule has 18 aromatic rings. The lowest BCUT2D eigenvalue weighted by Gasteiger charge is -2.22. The fourth-order valence-electron chi connectivity index (χ4n) is 16.8. The fourth-order valence-corrected chi connectivity index (χ4v) is 16.8. The van der Waals surface area contributed by atoms with Crippen molar-refractivity contribution < 1.29 is 0 Å². The zero-order chi connectivity index (χ0) is 63.0. The highest BCUT2D eigenvalue weighted by molar-refractivity contribution is 6.15. The second kappa shape index (κ2) is 19.8. The standard InChI is InChI=1S/C90H61N5/c1-89(2)76-26-14-10-22-65(76)67-42-39-62(52-78(67)89)94-81-29-17-13-25-70(81)73-49-58(34-45-83(73)94)60-36-47-85-75(51-60)74-50-59(35-46-84(74)95(85)63-40-43-68-66-23-11-15-27-77(66)90(3,4)79(68)53-63)57-33-44-82-72(48-57)69-24-12-16-28-80(69)93(82)61-37-30-56(31-38-61)88-91-86(55-19-6-5-7-20-55)71-41-32-54-18-8-9-21-64(54)87(71)92-88/h5-53H,1-4H3. The summed E-state index contributed by atoms with van der Waals surface area (Å²) in [4.78, 5) is 10.6. The van der Waals surface area contributed by atoms with Gasteiger partial charge in [-0.05, 0) is 187 Å². The van der Waals surface area contributed by atoms with Crippen molar-refractivity contribution in [3.05, 3.63) is 320 Å². The molecule has 0 atom stereocenters. The Hall–Kier alpha value is -11.9. The fraction of sp³-hybridized carbons (Fsp3) is 0.0667. The molecule has 0 unspecified atom stereocenters. The van der Waals surface area contributed by atoms with Gasteiger partial charge in [0.25, 0.3) is 0 Å². The van der Waals surface area contributed by atoms with Gasteiger partial charge >= 0.3 is 0 Å². The van der Waals surface area contributed by atoms with Crippen molar-refractivity contribution in [1.29, 1.82) is 0 Å². The molecule has 0 bridgehead atoms. The third kappa shape index (κ3) is 7.78. The average molecular weight is 1210 g/mol. The normalized spacial score (nSPS) is 13.6. The van der Waals surface area contributed by atoms with Crippen LogP contribution in [0.15, 0.2) is 297 Å². The Bertz CT molecular complexity index is 6330. The van der Waals surface area contributed by atoms with Gasteiger partial charge in [0, 0.05) is 82.1 Å². The molecule has 0 aliphatic heterocycles. The molecular weight excluding hydrogens is 1150 g/mol. The van der Waals surface area contributed by atoms with Gasteiger partial charge in [-0.3, -0.25) is 0 Å². The van der Waals surface area contributed by atoms with E-state index in [9.17, 15) is 0 Å². The largest absolute Gasteiger partial charge is 0.309 e. The molecule has 2 aliphatic carbocycles. The molecule has 20 rings (SSSR count). The van der Waals surface area contributed by atoms with Gasteiger partial charge in [0.1, 0.15) is 0 Å². The third-order valence-corrected chi connectivity index (χ3v) is 21.4. The van der Waals surface area contributed by atoms with Crippen LogP contribution in [0, 0.1) is 0 Å².